The highest BCUT2D eigenvalue weighted by Gasteiger charge is 2.25. The van der Waals surface area contributed by atoms with E-state index in [9.17, 15) is 23.8 Å². The second-order valence-electron chi connectivity index (χ2n) is 4.66. The summed E-state index contributed by atoms with van der Waals surface area (Å²) >= 11 is 17.6. The van der Waals surface area contributed by atoms with Crippen molar-refractivity contribution >= 4 is 56.4 Å². The Morgan fingerprint density at radius 3 is 2.36 bits per heavy atom. The van der Waals surface area contributed by atoms with Gasteiger partial charge in [-0.05, 0) is 30.3 Å². The van der Waals surface area contributed by atoms with Crippen LogP contribution in [-0.4, -0.2) is 13.3 Å². The molecule has 0 bridgehead atoms. The number of sulfone groups is 1. The molecule has 0 amide bonds. The number of nitro groups is 1. The van der Waals surface area contributed by atoms with Gasteiger partial charge in [0.05, 0.1) is 14.8 Å². The molecule has 0 atom stereocenters. The molecule has 0 unspecified atom stereocenters. The first-order valence-corrected chi connectivity index (χ1v) is 9.04. The lowest BCUT2D eigenvalue weighted by Gasteiger charge is -2.06. The molecule has 0 aliphatic heterocycles. The summed E-state index contributed by atoms with van der Waals surface area (Å²) in [6.45, 7) is 0. The lowest BCUT2D eigenvalue weighted by molar-refractivity contribution is -0.384. The van der Waals surface area contributed by atoms with E-state index in [1.807, 2.05) is 0 Å². The van der Waals surface area contributed by atoms with Gasteiger partial charge in [-0.15, -0.1) is 0 Å². The minimum atomic E-state index is -4.30. The zero-order valence-electron chi connectivity index (χ0n) is 12.1. The van der Waals surface area contributed by atoms with Gasteiger partial charge < -0.3 is 0 Å². The molecule has 0 radical (unpaired) electrons. The Labute approximate surface area is 157 Å². The van der Waals surface area contributed by atoms with Crippen molar-refractivity contribution in [3.63, 3.8) is 0 Å². The molecular weight excluding hydrogens is 411 g/mol. The quantitative estimate of drug-likeness (QED) is 0.400. The number of hydrogen-bond acceptors (Lipinski definition) is 5. The molecule has 2 aromatic rings. The van der Waals surface area contributed by atoms with Gasteiger partial charge in [-0.2, -0.15) is 5.26 Å². The molecule has 128 valence electrons. The third-order valence-electron chi connectivity index (χ3n) is 3.06. The van der Waals surface area contributed by atoms with Gasteiger partial charge in [-0.25, -0.2) is 8.42 Å². The summed E-state index contributed by atoms with van der Waals surface area (Å²) < 4.78 is 25.3. The molecule has 0 aliphatic rings. The van der Waals surface area contributed by atoms with Crippen LogP contribution in [0, 0.1) is 21.4 Å². The molecule has 2 aromatic carbocycles. The zero-order valence-corrected chi connectivity index (χ0v) is 15.2. The van der Waals surface area contributed by atoms with Crippen LogP contribution in [0.15, 0.2) is 46.2 Å². The number of rotatable bonds is 4. The van der Waals surface area contributed by atoms with E-state index in [-0.39, 0.29) is 31.2 Å². The van der Waals surface area contributed by atoms with E-state index in [1.54, 1.807) is 6.07 Å². The number of nitro benzene ring substituents is 1. The van der Waals surface area contributed by atoms with Crippen LogP contribution in [0.4, 0.5) is 5.69 Å². The van der Waals surface area contributed by atoms with Crippen LogP contribution in [0.2, 0.25) is 15.1 Å². The summed E-state index contributed by atoms with van der Waals surface area (Å²) in [4.78, 5) is 9.15. The van der Waals surface area contributed by atoms with Crippen molar-refractivity contribution in [3.05, 3.63) is 72.0 Å². The molecule has 0 spiro atoms. The first kappa shape index (κ1) is 19.2. The molecule has 6 nitrogen and oxygen atoms in total. The summed E-state index contributed by atoms with van der Waals surface area (Å²) in [6.07, 6.45) is 0.946. The second-order valence-corrected chi connectivity index (χ2v) is 7.80. The third-order valence-corrected chi connectivity index (χ3v) is 5.79. The van der Waals surface area contributed by atoms with Crippen molar-refractivity contribution in [1.29, 1.82) is 5.26 Å². The van der Waals surface area contributed by atoms with E-state index in [0.29, 0.717) is 0 Å². The number of hydrogen-bond donors (Lipinski definition) is 0. The van der Waals surface area contributed by atoms with Crippen LogP contribution in [0.1, 0.15) is 5.56 Å². The molecule has 0 saturated carbocycles. The van der Waals surface area contributed by atoms with E-state index in [2.05, 4.69) is 0 Å². The minimum Gasteiger partial charge on any atom is -0.258 e. The number of allylic oxidation sites excluding steroid dienone is 1. The highest BCUT2D eigenvalue weighted by molar-refractivity contribution is 7.95. The van der Waals surface area contributed by atoms with E-state index < -0.39 is 19.7 Å². The molecule has 0 aliphatic carbocycles. The monoisotopic (exact) mass is 416 g/mol. The summed E-state index contributed by atoms with van der Waals surface area (Å²) in [5.74, 6) is 0. The van der Waals surface area contributed by atoms with Crippen LogP contribution >= 0.6 is 34.8 Å². The predicted molar refractivity (Wildman–Crippen MR) is 95.3 cm³/mol. The van der Waals surface area contributed by atoms with Crippen molar-refractivity contribution < 1.29 is 13.3 Å². The Bertz CT molecular complexity index is 1040. The van der Waals surface area contributed by atoms with Crippen LogP contribution in [0.25, 0.3) is 6.08 Å². The fourth-order valence-corrected chi connectivity index (χ4v) is 3.95. The van der Waals surface area contributed by atoms with Crippen molar-refractivity contribution in [1.82, 2.24) is 0 Å². The minimum absolute atomic E-state index is 0.00846. The summed E-state index contributed by atoms with van der Waals surface area (Å²) in [7, 11) is -4.30. The number of benzene rings is 2. The van der Waals surface area contributed by atoms with E-state index in [0.717, 1.165) is 24.3 Å². The van der Waals surface area contributed by atoms with Gasteiger partial charge in [0, 0.05) is 27.7 Å². The van der Waals surface area contributed by atoms with E-state index >= 15 is 0 Å². The molecule has 0 fully saturated rings. The van der Waals surface area contributed by atoms with Crippen LogP contribution in [-0.2, 0) is 9.84 Å². The van der Waals surface area contributed by atoms with Crippen molar-refractivity contribution in [2.45, 2.75) is 4.90 Å². The fraction of sp³-hybridized carbons (Fsp3) is 0. The van der Waals surface area contributed by atoms with Crippen LogP contribution in [0.3, 0.4) is 0 Å². The number of nitriles is 1. The van der Waals surface area contributed by atoms with E-state index in [4.69, 9.17) is 34.8 Å². The molecular formula is C15H7Cl3N2O4S. The second kappa shape index (κ2) is 7.42. The maximum atomic E-state index is 12.7. The van der Waals surface area contributed by atoms with Gasteiger partial charge >= 0.3 is 0 Å². The van der Waals surface area contributed by atoms with Gasteiger partial charge in [0.15, 0.2) is 0 Å². The average molecular weight is 418 g/mol. The molecule has 10 heteroatoms. The zero-order chi connectivity index (χ0) is 18.8. The standard InChI is InChI=1S/C15H7Cl3N2O4S/c16-10-1-3-14(18)15(7-10)25(23,24)12(8-19)6-9-5-11(20(21)22)2-4-13(9)17/h1-7H/b12-6+. The van der Waals surface area contributed by atoms with Crippen molar-refractivity contribution in [2.24, 2.45) is 0 Å². The molecule has 0 N–H and O–H groups in total. The normalized spacial score (nSPS) is 11.8. The number of nitrogens with zero attached hydrogens (tertiary/aromatic N) is 2. The fourth-order valence-electron chi connectivity index (χ4n) is 1.87. The first-order valence-electron chi connectivity index (χ1n) is 6.42. The van der Waals surface area contributed by atoms with Gasteiger partial charge in [-0.1, -0.05) is 34.8 Å². The Kier molecular flexibility index (Phi) is 5.70. The van der Waals surface area contributed by atoms with Crippen LogP contribution < -0.4 is 0 Å². The third kappa shape index (κ3) is 4.11. The van der Waals surface area contributed by atoms with Gasteiger partial charge in [0.1, 0.15) is 11.0 Å². The lowest BCUT2D eigenvalue weighted by Crippen LogP contribution is -2.04. The van der Waals surface area contributed by atoms with Gasteiger partial charge in [0.2, 0.25) is 9.84 Å². The molecule has 2 rings (SSSR count). The number of non-ortho nitro benzene ring substituents is 1. The first-order chi connectivity index (χ1) is 11.7. The Balaban J connectivity index is 2.66. The smallest absolute Gasteiger partial charge is 0.258 e. The van der Waals surface area contributed by atoms with Gasteiger partial charge in [0.25, 0.3) is 5.69 Å². The topological polar surface area (TPSA) is 101 Å². The summed E-state index contributed by atoms with van der Waals surface area (Å²) in [5.41, 5.74) is -0.291. The lowest BCUT2D eigenvalue weighted by atomic mass is 10.2. The Hall–Kier alpha value is -2.11. The Morgan fingerprint density at radius 2 is 1.76 bits per heavy atom. The SMILES string of the molecule is N#C/C(=C\c1cc([N+](=O)[O-])ccc1Cl)S(=O)(=O)c1cc(Cl)ccc1Cl. The molecule has 0 aromatic heterocycles. The van der Waals surface area contributed by atoms with Gasteiger partial charge in [-0.3, -0.25) is 10.1 Å². The highest BCUT2D eigenvalue weighted by Crippen LogP contribution is 2.31. The Morgan fingerprint density at radius 1 is 1.12 bits per heavy atom. The average Bonchev–Trinajstić information content (AvgIpc) is 2.55. The number of halogens is 3. The molecule has 25 heavy (non-hydrogen) atoms. The van der Waals surface area contributed by atoms with E-state index in [1.165, 1.54) is 18.2 Å². The summed E-state index contributed by atoms with van der Waals surface area (Å²) in [6, 6.07) is 8.81. The largest absolute Gasteiger partial charge is 0.270 e. The van der Waals surface area contributed by atoms with Crippen molar-refractivity contribution in [3.8, 4) is 6.07 Å². The van der Waals surface area contributed by atoms with Crippen LogP contribution in [0.5, 0.6) is 0 Å². The molecule has 0 heterocycles. The highest BCUT2D eigenvalue weighted by atomic mass is 35.5. The predicted octanol–water partition coefficient (Wildman–Crippen LogP) is 4.89. The summed E-state index contributed by atoms with van der Waals surface area (Å²) in [5, 5.41) is 20.2. The maximum Gasteiger partial charge on any atom is 0.270 e. The molecule has 0 saturated heterocycles. The van der Waals surface area contributed by atoms with Crippen molar-refractivity contribution in [2.75, 3.05) is 0 Å². The maximum absolute atomic E-state index is 12.7.